The smallest absolute Gasteiger partial charge is 0.167 e. The number of aldehydes is 1. The molecule has 1 N–H and O–H groups in total. The van der Waals surface area contributed by atoms with E-state index in [2.05, 4.69) is 4.98 Å². The van der Waals surface area contributed by atoms with Gasteiger partial charge in [0.15, 0.2) is 17.9 Å². The van der Waals surface area contributed by atoms with Gasteiger partial charge in [0.1, 0.15) is 0 Å². The predicted molar refractivity (Wildman–Crippen MR) is 50.2 cm³/mol. The monoisotopic (exact) mass is 193 g/mol. The fourth-order valence-electron chi connectivity index (χ4n) is 1.40. The van der Waals surface area contributed by atoms with Crippen molar-refractivity contribution in [3.05, 3.63) is 29.7 Å². The molecule has 0 aliphatic carbocycles. The van der Waals surface area contributed by atoms with Gasteiger partial charge in [-0.05, 0) is 6.07 Å². The van der Waals surface area contributed by atoms with Crippen LogP contribution in [0.1, 0.15) is 10.4 Å². The van der Waals surface area contributed by atoms with Gasteiger partial charge in [-0.15, -0.1) is 0 Å². The zero-order valence-corrected chi connectivity index (χ0v) is 7.50. The summed E-state index contributed by atoms with van der Waals surface area (Å²) in [5, 5.41) is 0.665. The molecule has 0 unspecified atom stereocenters. The second-order valence-electron chi connectivity index (χ2n) is 2.89. The highest BCUT2D eigenvalue weighted by molar-refractivity contribution is 5.97. The normalized spacial score (nSPS) is 10.4. The van der Waals surface area contributed by atoms with E-state index in [0.717, 1.165) is 6.29 Å². The van der Waals surface area contributed by atoms with E-state index in [4.69, 9.17) is 4.74 Å². The number of aromatic nitrogens is 1. The molecule has 0 bridgehead atoms. The van der Waals surface area contributed by atoms with Gasteiger partial charge >= 0.3 is 0 Å². The highest BCUT2D eigenvalue weighted by Gasteiger charge is 2.08. The molecule has 0 saturated heterocycles. The third-order valence-corrected chi connectivity index (χ3v) is 2.11. The maximum absolute atomic E-state index is 13.2. The van der Waals surface area contributed by atoms with E-state index in [1.54, 1.807) is 0 Å². The molecule has 0 saturated carbocycles. The van der Waals surface area contributed by atoms with Crippen molar-refractivity contribution in [2.24, 2.45) is 0 Å². The van der Waals surface area contributed by atoms with E-state index in [0.29, 0.717) is 16.5 Å². The standard InChI is InChI=1S/C10H8FNO2/c1-14-10-2-7-6(5-13)4-12-9(7)3-8(10)11/h2-5,12H,1H3. The van der Waals surface area contributed by atoms with Gasteiger partial charge in [0.05, 0.1) is 7.11 Å². The lowest BCUT2D eigenvalue weighted by Crippen LogP contribution is -1.88. The molecule has 0 amide bonds. The summed E-state index contributed by atoms with van der Waals surface area (Å²) < 4.78 is 18.0. The Hall–Kier alpha value is -1.84. The Kier molecular flexibility index (Phi) is 1.96. The van der Waals surface area contributed by atoms with Crippen LogP contribution < -0.4 is 4.74 Å². The van der Waals surface area contributed by atoms with Gasteiger partial charge in [-0.1, -0.05) is 0 Å². The summed E-state index contributed by atoms with van der Waals surface area (Å²) in [6.07, 6.45) is 2.26. The van der Waals surface area contributed by atoms with Crippen LogP contribution in [0.25, 0.3) is 10.9 Å². The number of methoxy groups -OCH3 is 1. The third kappa shape index (κ3) is 1.16. The van der Waals surface area contributed by atoms with Crippen LogP contribution in [0.15, 0.2) is 18.3 Å². The molecule has 4 heteroatoms. The predicted octanol–water partition coefficient (Wildman–Crippen LogP) is 2.13. The lowest BCUT2D eigenvalue weighted by molar-refractivity contribution is 0.112. The van der Waals surface area contributed by atoms with Gasteiger partial charge in [-0.25, -0.2) is 4.39 Å². The first-order chi connectivity index (χ1) is 6.76. The van der Waals surface area contributed by atoms with Crippen LogP contribution in [0, 0.1) is 5.82 Å². The van der Waals surface area contributed by atoms with Crippen molar-refractivity contribution in [2.45, 2.75) is 0 Å². The number of hydrogen-bond donors (Lipinski definition) is 1. The van der Waals surface area contributed by atoms with E-state index >= 15 is 0 Å². The molecule has 72 valence electrons. The van der Waals surface area contributed by atoms with Crippen molar-refractivity contribution >= 4 is 17.2 Å². The van der Waals surface area contributed by atoms with Gasteiger partial charge in [0, 0.05) is 28.7 Å². The SMILES string of the molecule is COc1cc2c(C=O)c[nH]c2cc1F. The van der Waals surface area contributed by atoms with Crippen LogP contribution in [-0.2, 0) is 0 Å². The Bertz CT molecular complexity index is 490. The third-order valence-electron chi connectivity index (χ3n) is 2.11. The van der Waals surface area contributed by atoms with Crippen LogP contribution in [0.2, 0.25) is 0 Å². The van der Waals surface area contributed by atoms with Crippen LogP contribution in [0.3, 0.4) is 0 Å². The van der Waals surface area contributed by atoms with Gasteiger partial charge in [0.25, 0.3) is 0 Å². The molecule has 0 aliphatic rings. The summed E-state index contributed by atoms with van der Waals surface area (Å²) in [7, 11) is 1.39. The van der Waals surface area contributed by atoms with Crippen molar-refractivity contribution in [1.29, 1.82) is 0 Å². The summed E-state index contributed by atoms with van der Waals surface area (Å²) in [5.41, 5.74) is 1.09. The molecule has 2 aromatic rings. The Morgan fingerprint density at radius 2 is 2.29 bits per heavy atom. The lowest BCUT2D eigenvalue weighted by Gasteiger charge is -2.01. The number of carbonyl (C=O) groups is 1. The van der Waals surface area contributed by atoms with E-state index in [-0.39, 0.29) is 5.75 Å². The van der Waals surface area contributed by atoms with E-state index in [1.165, 1.54) is 25.4 Å². The Labute approximate surface area is 79.5 Å². The number of rotatable bonds is 2. The minimum atomic E-state index is -0.445. The van der Waals surface area contributed by atoms with Crippen molar-refractivity contribution in [2.75, 3.05) is 7.11 Å². The number of hydrogen-bond acceptors (Lipinski definition) is 2. The molecule has 0 radical (unpaired) electrons. The topological polar surface area (TPSA) is 42.1 Å². The average molecular weight is 193 g/mol. The number of nitrogens with one attached hydrogen (secondary N) is 1. The first-order valence-electron chi connectivity index (χ1n) is 4.06. The fourth-order valence-corrected chi connectivity index (χ4v) is 1.40. The molecule has 2 rings (SSSR count). The van der Waals surface area contributed by atoms with Crippen LogP contribution in [-0.4, -0.2) is 18.4 Å². The van der Waals surface area contributed by atoms with Crippen LogP contribution in [0.4, 0.5) is 4.39 Å². The van der Waals surface area contributed by atoms with Crippen LogP contribution in [0.5, 0.6) is 5.75 Å². The van der Waals surface area contributed by atoms with Gasteiger partial charge in [0.2, 0.25) is 0 Å². The number of ether oxygens (including phenoxy) is 1. The summed E-state index contributed by atoms with van der Waals surface area (Å²) in [5.74, 6) is -0.306. The van der Waals surface area contributed by atoms with Crippen molar-refractivity contribution in [1.82, 2.24) is 4.98 Å². The van der Waals surface area contributed by atoms with Crippen molar-refractivity contribution in [3.63, 3.8) is 0 Å². The molecular weight excluding hydrogens is 185 g/mol. The number of fused-ring (bicyclic) bond motifs is 1. The molecule has 1 aromatic carbocycles. The second kappa shape index (κ2) is 3.14. The number of halogens is 1. The number of benzene rings is 1. The summed E-state index contributed by atoms with van der Waals surface area (Å²) in [4.78, 5) is 13.4. The Morgan fingerprint density at radius 3 is 2.93 bits per heavy atom. The quantitative estimate of drug-likeness (QED) is 0.742. The van der Waals surface area contributed by atoms with Crippen molar-refractivity contribution < 1.29 is 13.9 Å². The summed E-state index contributed by atoms with van der Waals surface area (Å²) in [6.45, 7) is 0. The molecule has 0 aliphatic heterocycles. The minimum Gasteiger partial charge on any atom is -0.494 e. The van der Waals surface area contributed by atoms with Gasteiger partial charge in [-0.3, -0.25) is 4.79 Å². The van der Waals surface area contributed by atoms with E-state index in [1.807, 2.05) is 0 Å². The molecule has 0 spiro atoms. The van der Waals surface area contributed by atoms with Gasteiger partial charge < -0.3 is 9.72 Å². The molecule has 0 atom stereocenters. The summed E-state index contributed by atoms with van der Waals surface area (Å²) in [6, 6.07) is 2.81. The second-order valence-corrected chi connectivity index (χ2v) is 2.89. The average Bonchev–Trinajstić information content (AvgIpc) is 2.58. The molecule has 14 heavy (non-hydrogen) atoms. The Balaban J connectivity index is 2.76. The number of H-pyrrole nitrogens is 1. The zero-order valence-electron chi connectivity index (χ0n) is 7.50. The first-order valence-corrected chi connectivity index (χ1v) is 4.06. The Morgan fingerprint density at radius 1 is 1.50 bits per heavy atom. The van der Waals surface area contributed by atoms with Crippen LogP contribution >= 0.6 is 0 Å². The lowest BCUT2D eigenvalue weighted by atomic mass is 10.2. The fraction of sp³-hybridized carbons (Fsp3) is 0.100. The largest absolute Gasteiger partial charge is 0.494 e. The number of carbonyl (C=O) groups excluding carboxylic acids is 1. The number of aromatic amines is 1. The molecule has 1 heterocycles. The molecule has 0 fully saturated rings. The van der Waals surface area contributed by atoms with E-state index < -0.39 is 5.82 Å². The summed E-state index contributed by atoms with van der Waals surface area (Å²) >= 11 is 0. The van der Waals surface area contributed by atoms with Gasteiger partial charge in [-0.2, -0.15) is 0 Å². The maximum atomic E-state index is 13.2. The van der Waals surface area contributed by atoms with Crippen molar-refractivity contribution in [3.8, 4) is 5.75 Å². The maximum Gasteiger partial charge on any atom is 0.167 e. The highest BCUT2D eigenvalue weighted by Crippen LogP contribution is 2.25. The molecule has 1 aromatic heterocycles. The molecular formula is C10H8FNO2. The van der Waals surface area contributed by atoms with E-state index in [9.17, 15) is 9.18 Å². The zero-order chi connectivity index (χ0) is 10.1. The molecule has 3 nitrogen and oxygen atoms in total. The first kappa shape index (κ1) is 8.74. The minimum absolute atomic E-state index is 0.139. The highest BCUT2D eigenvalue weighted by atomic mass is 19.1.